The van der Waals surface area contributed by atoms with Gasteiger partial charge in [0.15, 0.2) is 0 Å². The van der Waals surface area contributed by atoms with E-state index in [-0.39, 0.29) is 0 Å². The highest BCUT2D eigenvalue weighted by Gasteiger charge is 2.14. The average molecular weight is 367 g/mol. The topological polar surface area (TPSA) is 24.9 Å². The maximum atomic E-state index is 4.70. The number of aromatic nitrogens is 1. The summed E-state index contributed by atoms with van der Waals surface area (Å²) in [4.78, 5) is 6.04. The molecule has 0 aliphatic heterocycles. The Kier molecular flexibility index (Phi) is 6.40. The molecule has 1 N–H and O–H groups in total. The predicted molar refractivity (Wildman–Crippen MR) is 95.2 cm³/mol. The highest BCUT2D eigenvalue weighted by molar-refractivity contribution is 9.10. The van der Waals surface area contributed by atoms with Crippen molar-refractivity contribution in [2.45, 2.75) is 33.6 Å². The van der Waals surface area contributed by atoms with Gasteiger partial charge in [0.2, 0.25) is 0 Å². The van der Waals surface area contributed by atoms with Crippen LogP contribution in [0.2, 0.25) is 0 Å². The largest absolute Gasteiger partial charge is 0.317 e. The van der Waals surface area contributed by atoms with E-state index >= 15 is 0 Å². The lowest BCUT2D eigenvalue weighted by Crippen LogP contribution is -2.25. The minimum atomic E-state index is 0.594. The Bertz CT molecular complexity index is 543. The lowest BCUT2D eigenvalue weighted by Gasteiger charge is -2.16. The van der Waals surface area contributed by atoms with Gasteiger partial charge in [-0.1, -0.05) is 35.0 Å². The van der Waals surface area contributed by atoms with Crippen molar-refractivity contribution < 1.29 is 0 Å². The quantitative estimate of drug-likeness (QED) is 0.778. The van der Waals surface area contributed by atoms with Crippen LogP contribution in [0.1, 0.15) is 28.1 Å². The molecule has 2 rings (SSSR count). The van der Waals surface area contributed by atoms with Crippen LogP contribution in [0.3, 0.4) is 0 Å². The Morgan fingerprint density at radius 1 is 1.19 bits per heavy atom. The standard InChI is InChI=1S/C17H23BrN2S/c1-4-19-11-15(9-14-5-7-16(18)8-6-14)10-17-20-12(2)13(3)21-17/h5-8,15,19H,4,9-11H2,1-3H3. The van der Waals surface area contributed by atoms with Crippen molar-refractivity contribution in [3.63, 3.8) is 0 Å². The fourth-order valence-electron chi connectivity index (χ4n) is 2.39. The Balaban J connectivity index is 2.04. The van der Waals surface area contributed by atoms with E-state index < -0.39 is 0 Å². The maximum Gasteiger partial charge on any atom is 0.0934 e. The van der Waals surface area contributed by atoms with Crippen LogP contribution in [0, 0.1) is 19.8 Å². The van der Waals surface area contributed by atoms with E-state index in [0.29, 0.717) is 5.92 Å². The van der Waals surface area contributed by atoms with Crippen molar-refractivity contribution in [1.82, 2.24) is 10.3 Å². The van der Waals surface area contributed by atoms with Crippen LogP contribution in [0.15, 0.2) is 28.7 Å². The van der Waals surface area contributed by atoms with Gasteiger partial charge < -0.3 is 5.32 Å². The van der Waals surface area contributed by atoms with Crippen LogP contribution in [0.4, 0.5) is 0 Å². The van der Waals surface area contributed by atoms with Gasteiger partial charge in [0.25, 0.3) is 0 Å². The van der Waals surface area contributed by atoms with E-state index in [0.717, 1.165) is 30.4 Å². The number of halogens is 1. The zero-order valence-corrected chi connectivity index (χ0v) is 15.4. The van der Waals surface area contributed by atoms with Gasteiger partial charge in [-0.2, -0.15) is 0 Å². The lowest BCUT2D eigenvalue weighted by atomic mass is 9.96. The molecule has 1 aromatic carbocycles. The number of nitrogens with one attached hydrogen (secondary N) is 1. The van der Waals surface area contributed by atoms with E-state index in [1.54, 1.807) is 0 Å². The van der Waals surface area contributed by atoms with E-state index in [1.807, 2.05) is 11.3 Å². The fraction of sp³-hybridized carbons (Fsp3) is 0.471. The van der Waals surface area contributed by atoms with Gasteiger partial charge in [0.1, 0.15) is 0 Å². The molecular formula is C17H23BrN2S. The fourth-order valence-corrected chi connectivity index (χ4v) is 3.70. The van der Waals surface area contributed by atoms with Gasteiger partial charge in [0, 0.05) is 15.8 Å². The van der Waals surface area contributed by atoms with E-state index in [4.69, 9.17) is 4.98 Å². The second-order valence-electron chi connectivity index (χ2n) is 5.46. The SMILES string of the molecule is CCNCC(Cc1ccc(Br)cc1)Cc1nc(C)c(C)s1. The summed E-state index contributed by atoms with van der Waals surface area (Å²) in [6, 6.07) is 8.66. The monoisotopic (exact) mass is 366 g/mol. The molecule has 1 heterocycles. The van der Waals surface area contributed by atoms with Gasteiger partial charge in [-0.05, 0) is 57.0 Å². The van der Waals surface area contributed by atoms with Crippen LogP contribution in [0.25, 0.3) is 0 Å². The summed E-state index contributed by atoms with van der Waals surface area (Å²) in [5.74, 6) is 0.594. The first-order valence-electron chi connectivity index (χ1n) is 7.46. The van der Waals surface area contributed by atoms with Crippen molar-refractivity contribution in [3.8, 4) is 0 Å². The Hall–Kier alpha value is -0.710. The number of nitrogens with zero attached hydrogens (tertiary/aromatic N) is 1. The van der Waals surface area contributed by atoms with E-state index in [1.165, 1.54) is 21.1 Å². The molecule has 0 spiro atoms. The number of hydrogen-bond acceptors (Lipinski definition) is 3. The summed E-state index contributed by atoms with van der Waals surface area (Å²) in [6.07, 6.45) is 2.15. The number of rotatable bonds is 7. The molecule has 1 unspecified atom stereocenters. The smallest absolute Gasteiger partial charge is 0.0934 e. The number of aryl methyl sites for hydroxylation is 2. The highest BCUT2D eigenvalue weighted by Crippen LogP contribution is 2.22. The third-order valence-corrected chi connectivity index (χ3v) is 5.28. The van der Waals surface area contributed by atoms with Crippen LogP contribution in [-0.4, -0.2) is 18.1 Å². The summed E-state index contributed by atoms with van der Waals surface area (Å²) in [5.41, 5.74) is 2.58. The molecule has 1 atom stereocenters. The summed E-state index contributed by atoms with van der Waals surface area (Å²) in [5, 5.41) is 4.76. The minimum Gasteiger partial charge on any atom is -0.317 e. The Morgan fingerprint density at radius 3 is 2.48 bits per heavy atom. The number of thiazole rings is 1. The molecule has 0 saturated carbocycles. The van der Waals surface area contributed by atoms with E-state index in [2.05, 4.69) is 66.3 Å². The molecule has 0 amide bonds. The summed E-state index contributed by atoms with van der Waals surface area (Å²) in [6.45, 7) is 8.49. The maximum absolute atomic E-state index is 4.70. The number of hydrogen-bond donors (Lipinski definition) is 1. The average Bonchev–Trinajstić information content (AvgIpc) is 2.77. The molecule has 0 saturated heterocycles. The first-order valence-corrected chi connectivity index (χ1v) is 9.07. The van der Waals surface area contributed by atoms with Gasteiger partial charge in [-0.25, -0.2) is 4.98 Å². The summed E-state index contributed by atoms with van der Waals surface area (Å²) in [7, 11) is 0. The predicted octanol–water partition coefficient (Wildman–Crippen LogP) is 4.53. The molecule has 0 aliphatic rings. The molecule has 0 radical (unpaired) electrons. The molecule has 0 aliphatic carbocycles. The third-order valence-electron chi connectivity index (χ3n) is 3.66. The molecular weight excluding hydrogens is 344 g/mol. The van der Waals surface area contributed by atoms with Gasteiger partial charge in [-0.15, -0.1) is 11.3 Å². The van der Waals surface area contributed by atoms with Crippen molar-refractivity contribution in [2.24, 2.45) is 5.92 Å². The minimum absolute atomic E-state index is 0.594. The first-order chi connectivity index (χ1) is 10.1. The summed E-state index contributed by atoms with van der Waals surface area (Å²) < 4.78 is 1.14. The molecule has 0 bridgehead atoms. The summed E-state index contributed by atoms with van der Waals surface area (Å²) >= 11 is 5.34. The van der Waals surface area contributed by atoms with Crippen LogP contribution in [-0.2, 0) is 12.8 Å². The third kappa shape index (κ3) is 5.20. The van der Waals surface area contributed by atoms with Crippen LogP contribution in [0.5, 0.6) is 0 Å². The van der Waals surface area contributed by atoms with Crippen molar-refractivity contribution in [3.05, 3.63) is 49.9 Å². The van der Waals surface area contributed by atoms with Crippen molar-refractivity contribution in [2.75, 3.05) is 13.1 Å². The zero-order chi connectivity index (χ0) is 15.2. The zero-order valence-electron chi connectivity index (χ0n) is 12.9. The van der Waals surface area contributed by atoms with Crippen LogP contribution < -0.4 is 5.32 Å². The normalized spacial score (nSPS) is 12.6. The molecule has 1 aromatic heterocycles. The lowest BCUT2D eigenvalue weighted by molar-refractivity contribution is 0.477. The highest BCUT2D eigenvalue weighted by atomic mass is 79.9. The molecule has 2 aromatic rings. The van der Waals surface area contributed by atoms with Crippen LogP contribution >= 0.6 is 27.3 Å². The van der Waals surface area contributed by atoms with Gasteiger partial charge >= 0.3 is 0 Å². The van der Waals surface area contributed by atoms with E-state index in [9.17, 15) is 0 Å². The Morgan fingerprint density at radius 2 is 1.90 bits per heavy atom. The first kappa shape index (κ1) is 16.7. The van der Waals surface area contributed by atoms with Crippen molar-refractivity contribution in [1.29, 1.82) is 0 Å². The molecule has 21 heavy (non-hydrogen) atoms. The second-order valence-corrected chi connectivity index (χ2v) is 7.66. The number of benzene rings is 1. The molecule has 2 nitrogen and oxygen atoms in total. The van der Waals surface area contributed by atoms with Gasteiger partial charge in [-0.3, -0.25) is 0 Å². The molecule has 114 valence electrons. The van der Waals surface area contributed by atoms with Gasteiger partial charge in [0.05, 0.1) is 10.7 Å². The molecule has 0 fully saturated rings. The second kappa shape index (κ2) is 8.06. The molecule has 4 heteroatoms. The van der Waals surface area contributed by atoms with Crippen molar-refractivity contribution >= 4 is 27.3 Å². The Labute approximate surface area is 140 Å².